The van der Waals surface area contributed by atoms with E-state index in [4.69, 9.17) is 4.74 Å². The summed E-state index contributed by atoms with van der Waals surface area (Å²) in [6.45, 7) is 7.80. The van der Waals surface area contributed by atoms with E-state index in [-0.39, 0.29) is 11.0 Å². The van der Waals surface area contributed by atoms with Gasteiger partial charge in [-0.2, -0.15) is 0 Å². The highest BCUT2D eigenvalue weighted by atomic mass is 16.6. The molecule has 1 fully saturated rings. The molecule has 0 aromatic carbocycles. The summed E-state index contributed by atoms with van der Waals surface area (Å²) in [7, 11) is 0. The molecule has 4 nitrogen and oxygen atoms in total. The van der Waals surface area contributed by atoms with Crippen molar-refractivity contribution in [2.24, 2.45) is 0 Å². The topological polar surface area (TPSA) is 52.4 Å². The molecule has 1 rings (SSSR count). The quantitative estimate of drug-likeness (QED) is 0.305. The maximum absolute atomic E-state index is 11.0. The predicted octanol–water partition coefficient (Wildman–Crippen LogP) is 2.56. The zero-order valence-electron chi connectivity index (χ0n) is 9.49. The Morgan fingerprint density at radius 3 is 2.87 bits per heavy atom. The Labute approximate surface area is 90.5 Å². The van der Waals surface area contributed by atoms with Crippen LogP contribution in [0.2, 0.25) is 0 Å². The highest BCUT2D eigenvalue weighted by molar-refractivity contribution is 5.19. The molecule has 1 heterocycles. The van der Waals surface area contributed by atoms with Crippen LogP contribution < -0.4 is 0 Å². The molecule has 4 heteroatoms. The van der Waals surface area contributed by atoms with Gasteiger partial charge in [0, 0.05) is 17.4 Å². The van der Waals surface area contributed by atoms with E-state index in [0.29, 0.717) is 12.2 Å². The monoisotopic (exact) mass is 213 g/mol. The summed E-state index contributed by atoms with van der Waals surface area (Å²) in [6.07, 6.45) is 3.65. The molecule has 86 valence electrons. The lowest BCUT2D eigenvalue weighted by molar-refractivity contribution is -0.560. The lowest BCUT2D eigenvalue weighted by atomic mass is 9.88. The minimum atomic E-state index is -1.08. The first-order chi connectivity index (χ1) is 7.03. The Morgan fingerprint density at radius 2 is 2.33 bits per heavy atom. The van der Waals surface area contributed by atoms with Gasteiger partial charge < -0.3 is 4.74 Å². The molecule has 2 atom stereocenters. The zero-order chi connectivity index (χ0) is 11.5. The Kier molecular flexibility index (Phi) is 3.85. The van der Waals surface area contributed by atoms with E-state index in [1.165, 1.54) is 0 Å². The molecule has 0 aromatic heterocycles. The fourth-order valence-corrected chi connectivity index (χ4v) is 1.93. The van der Waals surface area contributed by atoms with Crippen molar-refractivity contribution in [2.45, 2.75) is 51.2 Å². The van der Waals surface area contributed by atoms with Gasteiger partial charge in [-0.1, -0.05) is 32.8 Å². The molecule has 0 amide bonds. The first kappa shape index (κ1) is 12.2. The van der Waals surface area contributed by atoms with E-state index < -0.39 is 5.54 Å². The summed E-state index contributed by atoms with van der Waals surface area (Å²) in [5.74, 6) is 0. The molecule has 0 radical (unpaired) electrons. The Hall–Kier alpha value is -0.900. The number of ether oxygens (including phenoxy) is 1. The third-order valence-corrected chi connectivity index (χ3v) is 3.25. The second-order valence-corrected chi connectivity index (χ2v) is 4.30. The summed E-state index contributed by atoms with van der Waals surface area (Å²) in [6, 6.07) is 0. The van der Waals surface area contributed by atoms with Gasteiger partial charge in [-0.15, -0.1) is 0 Å². The molecule has 0 aromatic rings. The summed E-state index contributed by atoms with van der Waals surface area (Å²) in [5.41, 5.74) is -0.484. The van der Waals surface area contributed by atoms with Gasteiger partial charge in [-0.3, -0.25) is 10.1 Å². The standard InChI is InChI=1S/C11H19NO3/c1-4-5-6-7-10-11(3,12(13)14)9(2)8-15-10/h10H,2,4-8H2,1,3H3/t10-,11+/m1/s1. The fraction of sp³-hybridized carbons (Fsp3) is 0.818. The van der Waals surface area contributed by atoms with E-state index in [1.54, 1.807) is 6.92 Å². The van der Waals surface area contributed by atoms with Gasteiger partial charge in [0.25, 0.3) is 5.54 Å². The molecule has 1 aliphatic rings. The van der Waals surface area contributed by atoms with Crippen LogP contribution in [-0.2, 0) is 4.74 Å². The van der Waals surface area contributed by atoms with Crippen molar-refractivity contribution >= 4 is 0 Å². The van der Waals surface area contributed by atoms with Crippen LogP contribution in [0.4, 0.5) is 0 Å². The number of unbranched alkanes of at least 4 members (excludes halogenated alkanes) is 2. The normalized spacial score (nSPS) is 30.8. The van der Waals surface area contributed by atoms with Crippen molar-refractivity contribution in [3.05, 3.63) is 22.3 Å². The van der Waals surface area contributed by atoms with Crippen LogP contribution in [0.15, 0.2) is 12.2 Å². The van der Waals surface area contributed by atoms with Gasteiger partial charge in [0.2, 0.25) is 0 Å². The first-order valence-corrected chi connectivity index (χ1v) is 5.47. The molecule has 0 aliphatic carbocycles. The summed E-state index contributed by atoms with van der Waals surface area (Å²) in [5, 5.41) is 11.0. The molecule has 1 saturated heterocycles. The Morgan fingerprint density at radius 1 is 1.67 bits per heavy atom. The lowest BCUT2D eigenvalue weighted by Crippen LogP contribution is -2.44. The van der Waals surface area contributed by atoms with Crippen molar-refractivity contribution < 1.29 is 9.66 Å². The van der Waals surface area contributed by atoms with Gasteiger partial charge in [-0.05, 0) is 6.42 Å². The van der Waals surface area contributed by atoms with E-state index >= 15 is 0 Å². The van der Waals surface area contributed by atoms with Crippen molar-refractivity contribution in [3.63, 3.8) is 0 Å². The third kappa shape index (κ3) is 2.20. The lowest BCUT2D eigenvalue weighted by Gasteiger charge is -2.22. The minimum absolute atomic E-state index is 0.251. The van der Waals surface area contributed by atoms with Crippen LogP contribution in [0, 0.1) is 10.1 Å². The molecule has 0 N–H and O–H groups in total. The summed E-state index contributed by atoms with van der Waals surface area (Å²) >= 11 is 0. The van der Waals surface area contributed by atoms with E-state index in [1.807, 2.05) is 0 Å². The van der Waals surface area contributed by atoms with E-state index in [9.17, 15) is 10.1 Å². The summed E-state index contributed by atoms with van der Waals surface area (Å²) < 4.78 is 5.45. The molecule has 15 heavy (non-hydrogen) atoms. The second-order valence-electron chi connectivity index (χ2n) is 4.30. The van der Waals surface area contributed by atoms with Crippen molar-refractivity contribution in [1.29, 1.82) is 0 Å². The largest absolute Gasteiger partial charge is 0.366 e. The van der Waals surface area contributed by atoms with Crippen molar-refractivity contribution in [1.82, 2.24) is 0 Å². The van der Waals surface area contributed by atoms with Crippen LogP contribution >= 0.6 is 0 Å². The average Bonchev–Trinajstić information content (AvgIpc) is 2.47. The molecular formula is C11H19NO3. The van der Waals surface area contributed by atoms with Gasteiger partial charge >= 0.3 is 0 Å². The number of rotatable bonds is 5. The van der Waals surface area contributed by atoms with Crippen LogP contribution in [0.3, 0.4) is 0 Å². The highest BCUT2D eigenvalue weighted by Gasteiger charge is 2.53. The molecule has 0 bridgehead atoms. The molecule has 0 saturated carbocycles. The zero-order valence-corrected chi connectivity index (χ0v) is 9.49. The van der Waals surface area contributed by atoms with Crippen molar-refractivity contribution in [3.8, 4) is 0 Å². The second kappa shape index (κ2) is 4.75. The Bertz CT molecular complexity index is 265. The highest BCUT2D eigenvalue weighted by Crippen LogP contribution is 2.35. The predicted molar refractivity (Wildman–Crippen MR) is 58.4 cm³/mol. The third-order valence-electron chi connectivity index (χ3n) is 3.25. The van der Waals surface area contributed by atoms with Crippen LogP contribution in [0.1, 0.15) is 39.5 Å². The maximum atomic E-state index is 11.0. The molecule has 0 unspecified atom stereocenters. The van der Waals surface area contributed by atoms with Crippen LogP contribution in [0.5, 0.6) is 0 Å². The average molecular weight is 213 g/mol. The minimum Gasteiger partial charge on any atom is -0.366 e. The van der Waals surface area contributed by atoms with Crippen LogP contribution in [0.25, 0.3) is 0 Å². The molecule has 0 spiro atoms. The van der Waals surface area contributed by atoms with Crippen LogP contribution in [-0.4, -0.2) is 23.2 Å². The Balaban J connectivity index is 2.64. The van der Waals surface area contributed by atoms with E-state index in [2.05, 4.69) is 13.5 Å². The number of hydrogen-bond donors (Lipinski definition) is 0. The van der Waals surface area contributed by atoms with Gasteiger partial charge in [0.15, 0.2) is 0 Å². The summed E-state index contributed by atoms with van der Waals surface area (Å²) in [4.78, 5) is 10.8. The fourth-order valence-electron chi connectivity index (χ4n) is 1.93. The van der Waals surface area contributed by atoms with E-state index in [0.717, 1.165) is 25.7 Å². The smallest absolute Gasteiger partial charge is 0.268 e. The van der Waals surface area contributed by atoms with Gasteiger partial charge in [0.05, 0.1) is 6.61 Å². The number of nitro groups is 1. The number of nitrogens with zero attached hydrogens (tertiary/aromatic N) is 1. The number of hydrogen-bond acceptors (Lipinski definition) is 3. The SMILES string of the molecule is C=C1CO[C@H](CCCCC)[C@@]1(C)[N+](=O)[O-]. The molecular weight excluding hydrogens is 194 g/mol. The maximum Gasteiger partial charge on any atom is 0.268 e. The van der Waals surface area contributed by atoms with Gasteiger partial charge in [0.1, 0.15) is 6.10 Å². The van der Waals surface area contributed by atoms with Gasteiger partial charge in [-0.25, -0.2) is 0 Å². The first-order valence-electron chi connectivity index (χ1n) is 5.47. The molecule has 1 aliphatic heterocycles. The van der Waals surface area contributed by atoms with Crippen molar-refractivity contribution in [2.75, 3.05) is 6.61 Å².